The molecule has 3 rings (SSSR count). The number of hydrogen-bond acceptors (Lipinski definition) is 3. The van der Waals surface area contributed by atoms with Crippen molar-refractivity contribution in [3.05, 3.63) is 29.0 Å². The van der Waals surface area contributed by atoms with Crippen molar-refractivity contribution >= 4 is 11.6 Å². The van der Waals surface area contributed by atoms with E-state index in [1.54, 1.807) is 12.3 Å². The maximum atomic E-state index is 10.4. The van der Waals surface area contributed by atoms with Gasteiger partial charge in [0.25, 0.3) is 0 Å². The molecular weight excluding hydrogens is 250 g/mol. The monoisotopic (exact) mass is 267 g/mol. The third-order valence-corrected chi connectivity index (χ3v) is 4.56. The Morgan fingerprint density at radius 1 is 1.44 bits per heavy atom. The second-order valence-electron chi connectivity index (χ2n) is 5.50. The zero-order chi connectivity index (χ0) is 12.6. The fourth-order valence-corrected chi connectivity index (χ4v) is 3.20. The number of rotatable bonds is 2. The highest BCUT2D eigenvalue weighted by Gasteiger charge is 2.44. The van der Waals surface area contributed by atoms with E-state index in [1.165, 1.54) is 6.42 Å². The van der Waals surface area contributed by atoms with Gasteiger partial charge in [-0.3, -0.25) is 0 Å². The molecule has 2 atom stereocenters. The SMILES string of the molecule is OC(c1ccc(Cl)nc1)C1CCOC2(CCC2)C1. The van der Waals surface area contributed by atoms with E-state index < -0.39 is 6.10 Å². The van der Waals surface area contributed by atoms with Crippen molar-refractivity contribution in [2.45, 2.75) is 43.8 Å². The van der Waals surface area contributed by atoms with Crippen molar-refractivity contribution in [1.82, 2.24) is 4.98 Å². The van der Waals surface area contributed by atoms with Gasteiger partial charge in [0.1, 0.15) is 5.15 Å². The van der Waals surface area contributed by atoms with Crippen LogP contribution in [0, 0.1) is 5.92 Å². The summed E-state index contributed by atoms with van der Waals surface area (Å²) >= 11 is 5.77. The summed E-state index contributed by atoms with van der Waals surface area (Å²) in [6.45, 7) is 0.767. The zero-order valence-electron chi connectivity index (χ0n) is 10.3. The number of aliphatic hydroxyl groups excluding tert-OH is 1. The molecular formula is C14H18ClNO2. The predicted molar refractivity (Wildman–Crippen MR) is 69.5 cm³/mol. The molecule has 1 aromatic rings. The van der Waals surface area contributed by atoms with Crippen molar-refractivity contribution in [2.24, 2.45) is 5.92 Å². The van der Waals surface area contributed by atoms with Gasteiger partial charge in [0.05, 0.1) is 11.7 Å². The summed E-state index contributed by atoms with van der Waals surface area (Å²) in [5.74, 6) is 0.280. The first-order chi connectivity index (χ1) is 8.69. The van der Waals surface area contributed by atoms with Gasteiger partial charge in [-0.15, -0.1) is 0 Å². The second kappa shape index (κ2) is 4.80. The molecule has 1 spiro atoms. The number of aliphatic hydroxyl groups is 1. The van der Waals surface area contributed by atoms with Gasteiger partial charge in [-0.2, -0.15) is 0 Å². The van der Waals surface area contributed by atoms with Crippen LogP contribution < -0.4 is 0 Å². The Hall–Kier alpha value is -0.640. The normalized spacial score (nSPS) is 27.8. The molecule has 0 radical (unpaired) electrons. The lowest BCUT2D eigenvalue weighted by molar-refractivity contribution is -0.157. The lowest BCUT2D eigenvalue weighted by Crippen LogP contribution is -2.46. The number of ether oxygens (including phenoxy) is 1. The fraction of sp³-hybridized carbons (Fsp3) is 0.643. The van der Waals surface area contributed by atoms with Crippen LogP contribution >= 0.6 is 11.6 Å². The van der Waals surface area contributed by atoms with E-state index in [2.05, 4.69) is 4.98 Å². The molecule has 0 amide bonds. The molecule has 0 bridgehead atoms. The van der Waals surface area contributed by atoms with Gasteiger partial charge in [0.15, 0.2) is 0 Å². The minimum Gasteiger partial charge on any atom is -0.388 e. The molecule has 1 aliphatic carbocycles. The number of pyridine rings is 1. The Balaban J connectivity index is 1.71. The first-order valence-electron chi connectivity index (χ1n) is 6.62. The smallest absolute Gasteiger partial charge is 0.129 e. The van der Waals surface area contributed by atoms with Crippen molar-refractivity contribution in [2.75, 3.05) is 6.61 Å². The number of nitrogens with zero attached hydrogens (tertiary/aromatic N) is 1. The predicted octanol–water partition coefficient (Wildman–Crippen LogP) is 3.12. The fourth-order valence-electron chi connectivity index (χ4n) is 3.09. The Morgan fingerprint density at radius 3 is 2.89 bits per heavy atom. The largest absolute Gasteiger partial charge is 0.388 e. The van der Waals surface area contributed by atoms with Gasteiger partial charge in [0, 0.05) is 12.8 Å². The molecule has 4 heteroatoms. The molecule has 2 aliphatic rings. The molecule has 98 valence electrons. The van der Waals surface area contributed by atoms with E-state index in [1.807, 2.05) is 6.07 Å². The van der Waals surface area contributed by atoms with E-state index >= 15 is 0 Å². The van der Waals surface area contributed by atoms with E-state index in [4.69, 9.17) is 16.3 Å². The highest BCUT2D eigenvalue weighted by Crippen LogP contribution is 2.47. The van der Waals surface area contributed by atoms with Crippen molar-refractivity contribution in [3.8, 4) is 0 Å². The second-order valence-corrected chi connectivity index (χ2v) is 5.88. The Kier molecular flexibility index (Phi) is 3.31. The first-order valence-corrected chi connectivity index (χ1v) is 7.00. The zero-order valence-corrected chi connectivity index (χ0v) is 11.1. The standard InChI is InChI=1S/C14H18ClNO2/c15-12-3-2-11(9-16-12)13(17)10-4-7-18-14(8-10)5-1-6-14/h2-3,9-10,13,17H,1,4-8H2. The van der Waals surface area contributed by atoms with Crippen LogP contribution in [0.3, 0.4) is 0 Å². The molecule has 1 aromatic heterocycles. The van der Waals surface area contributed by atoms with E-state index in [9.17, 15) is 5.11 Å². The van der Waals surface area contributed by atoms with Crippen LogP contribution in [0.15, 0.2) is 18.3 Å². The molecule has 2 fully saturated rings. The molecule has 1 saturated carbocycles. The summed E-state index contributed by atoms with van der Waals surface area (Å²) in [7, 11) is 0. The minimum absolute atomic E-state index is 0.0732. The van der Waals surface area contributed by atoms with Gasteiger partial charge in [-0.1, -0.05) is 17.7 Å². The highest BCUT2D eigenvalue weighted by molar-refractivity contribution is 6.29. The lowest BCUT2D eigenvalue weighted by atomic mass is 9.70. The maximum Gasteiger partial charge on any atom is 0.129 e. The molecule has 1 N–H and O–H groups in total. The van der Waals surface area contributed by atoms with Crippen molar-refractivity contribution in [1.29, 1.82) is 0 Å². The highest BCUT2D eigenvalue weighted by atomic mass is 35.5. The quantitative estimate of drug-likeness (QED) is 0.837. The van der Waals surface area contributed by atoms with Crippen LogP contribution in [0.25, 0.3) is 0 Å². The van der Waals surface area contributed by atoms with Crippen LogP contribution in [0.2, 0.25) is 5.15 Å². The Bertz CT molecular complexity index is 416. The van der Waals surface area contributed by atoms with Gasteiger partial charge in [-0.25, -0.2) is 4.98 Å². The van der Waals surface area contributed by atoms with Crippen molar-refractivity contribution < 1.29 is 9.84 Å². The summed E-state index contributed by atoms with van der Waals surface area (Å²) in [5.41, 5.74) is 0.935. The summed E-state index contributed by atoms with van der Waals surface area (Å²) in [5, 5.41) is 10.9. The number of halogens is 1. The van der Waals surface area contributed by atoms with Gasteiger partial charge < -0.3 is 9.84 Å². The summed E-state index contributed by atoms with van der Waals surface area (Å²) < 4.78 is 5.89. The number of hydrogen-bond donors (Lipinski definition) is 1. The summed E-state index contributed by atoms with van der Waals surface area (Å²) in [6, 6.07) is 3.60. The first kappa shape index (κ1) is 12.4. The minimum atomic E-state index is -0.448. The van der Waals surface area contributed by atoms with Gasteiger partial charge in [0.2, 0.25) is 0 Å². The summed E-state index contributed by atoms with van der Waals surface area (Å²) in [6.07, 6.45) is 6.67. The Morgan fingerprint density at radius 2 is 2.28 bits per heavy atom. The average Bonchev–Trinajstić information content (AvgIpc) is 2.37. The number of aromatic nitrogens is 1. The van der Waals surface area contributed by atoms with E-state index in [0.717, 1.165) is 37.9 Å². The van der Waals surface area contributed by atoms with Gasteiger partial charge >= 0.3 is 0 Å². The van der Waals surface area contributed by atoms with Crippen LogP contribution in [-0.4, -0.2) is 22.3 Å². The Labute approximate surface area is 112 Å². The van der Waals surface area contributed by atoms with Crippen LogP contribution in [0.4, 0.5) is 0 Å². The van der Waals surface area contributed by atoms with Crippen LogP contribution in [0.5, 0.6) is 0 Å². The maximum absolute atomic E-state index is 10.4. The van der Waals surface area contributed by atoms with E-state index in [-0.39, 0.29) is 11.5 Å². The summed E-state index contributed by atoms with van der Waals surface area (Å²) in [4.78, 5) is 4.04. The molecule has 1 saturated heterocycles. The molecule has 0 aromatic carbocycles. The van der Waals surface area contributed by atoms with Crippen LogP contribution in [0.1, 0.15) is 43.8 Å². The van der Waals surface area contributed by atoms with E-state index in [0.29, 0.717) is 5.15 Å². The molecule has 2 unspecified atom stereocenters. The molecule has 2 heterocycles. The third kappa shape index (κ3) is 2.27. The van der Waals surface area contributed by atoms with Crippen LogP contribution in [-0.2, 0) is 4.74 Å². The molecule has 18 heavy (non-hydrogen) atoms. The third-order valence-electron chi connectivity index (χ3n) is 4.33. The lowest BCUT2D eigenvalue weighted by Gasteiger charge is -2.48. The van der Waals surface area contributed by atoms with Crippen molar-refractivity contribution in [3.63, 3.8) is 0 Å². The van der Waals surface area contributed by atoms with Gasteiger partial charge in [-0.05, 0) is 49.7 Å². The molecule has 1 aliphatic heterocycles. The molecule has 3 nitrogen and oxygen atoms in total. The topological polar surface area (TPSA) is 42.4 Å². The average molecular weight is 268 g/mol.